The van der Waals surface area contributed by atoms with Crippen molar-refractivity contribution in [1.82, 2.24) is 5.01 Å². The van der Waals surface area contributed by atoms with E-state index in [-0.39, 0.29) is 24.5 Å². The Morgan fingerprint density at radius 3 is 2.66 bits per heavy atom. The van der Waals surface area contributed by atoms with Crippen molar-refractivity contribution >= 4 is 18.3 Å². The summed E-state index contributed by atoms with van der Waals surface area (Å²) >= 11 is 0. The van der Waals surface area contributed by atoms with Gasteiger partial charge < -0.3 is 14.6 Å². The minimum Gasteiger partial charge on any atom is -0.481 e. The summed E-state index contributed by atoms with van der Waals surface area (Å²) in [4.78, 5) is 22.8. The minimum absolute atomic E-state index is 0.180. The van der Waals surface area contributed by atoms with Crippen LogP contribution in [0.1, 0.15) is 51.4 Å². The van der Waals surface area contributed by atoms with Crippen LogP contribution in [0.3, 0.4) is 0 Å². The summed E-state index contributed by atoms with van der Waals surface area (Å²) in [5.41, 5.74) is 0. The Morgan fingerprint density at radius 2 is 1.90 bits per heavy atom. The van der Waals surface area contributed by atoms with Gasteiger partial charge in [-0.25, -0.2) is 9.80 Å². The van der Waals surface area contributed by atoms with E-state index in [0.29, 0.717) is 11.7 Å². The van der Waals surface area contributed by atoms with Crippen LogP contribution in [-0.4, -0.2) is 47.6 Å². The highest BCUT2D eigenvalue weighted by molar-refractivity contribution is 5.72. The lowest BCUT2D eigenvalue weighted by Gasteiger charge is -2.25. The average molecular weight is 402 g/mol. The molecule has 2 saturated heterocycles. The molecule has 2 heterocycles. The number of carboxylic acid groups (broad SMARTS) is 1. The summed E-state index contributed by atoms with van der Waals surface area (Å²) in [6.07, 6.45) is 8.98. The van der Waals surface area contributed by atoms with Gasteiger partial charge in [0.05, 0.1) is 12.2 Å². The molecule has 2 fully saturated rings. The Bertz CT molecular complexity index is 708. The van der Waals surface area contributed by atoms with E-state index in [1.807, 2.05) is 24.4 Å². The number of ether oxygens (including phenoxy) is 2. The number of amides is 1. The molecule has 1 aromatic carbocycles. The van der Waals surface area contributed by atoms with E-state index in [4.69, 9.17) is 14.6 Å². The largest absolute Gasteiger partial charge is 0.481 e. The van der Waals surface area contributed by atoms with Crippen LogP contribution in [0.4, 0.5) is 4.79 Å². The summed E-state index contributed by atoms with van der Waals surface area (Å²) in [5, 5.41) is 14.3. The topological polar surface area (TPSA) is 88.4 Å². The third kappa shape index (κ3) is 6.03. The number of rotatable bonds is 10. The number of aliphatic carboxylic acids is 1. The molecule has 1 N–H and O–H groups in total. The van der Waals surface area contributed by atoms with Gasteiger partial charge in [0, 0.05) is 25.6 Å². The minimum atomic E-state index is -0.724. The quantitative estimate of drug-likeness (QED) is 0.358. The number of unbranched alkanes of at least 4 members (excludes halogenated alkanes) is 3. The lowest BCUT2D eigenvalue weighted by molar-refractivity contribution is -0.137. The summed E-state index contributed by atoms with van der Waals surface area (Å²) in [6.45, 7) is 0. The van der Waals surface area contributed by atoms with Crippen molar-refractivity contribution in [2.45, 2.75) is 63.6 Å². The number of para-hydroxylation sites is 1. The van der Waals surface area contributed by atoms with Gasteiger partial charge in [0.25, 0.3) is 0 Å². The number of carbonyl (C=O) groups excluding carboxylic acids is 1. The second-order valence-corrected chi connectivity index (χ2v) is 7.85. The van der Waals surface area contributed by atoms with Crippen LogP contribution in [-0.2, 0) is 9.53 Å². The van der Waals surface area contributed by atoms with E-state index in [0.717, 1.165) is 44.9 Å². The SMILES string of the molecule is CN(/N=C/C1C2CCC(O2)C1CCCCCCC(=O)O)C(=O)Oc1ccccc1. The number of nitrogens with zero attached hydrogens (tertiary/aromatic N) is 2. The van der Waals surface area contributed by atoms with Crippen molar-refractivity contribution in [3.8, 4) is 5.75 Å². The number of hydrogen-bond acceptors (Lipinski definition) is 5. The van der Waals surface area contributed by atoms with Crippen LogP contribution in [0, 0.1) is 11.8 Å². The third-order valence-corrected chi connectivity index (χ3v) is 5.79. The highest BCUT2D eigenvalue weighted by atomic mass is 16.6. The molecule has 1 aromatic rings. The van der Waals surface area contributed by atoms with E-state index in [1.54, 1.807) is 19.2 Å². The second kappa shape index (κ2) is 10.4. The van der Waals surface area contributed by atoms with Gasteiger partial charge in [-0.15, -0.1) is 0 Å². The normalized spacial score (nSPS) is 25.4. The highest BCUT2D eigenvalue weighted by Crippen LogP contribution is 2.45. The molecule has 29 heavy (non-hydrogen) atoms. The fraction of sp³-hybridized carbons (Fsp3) is 0.591. The van der Waals surface area contributed by atoms with Crippen molar-refractivity contribution in [3.63, 3.8) is 0 Å². The Labute approximate surface area is 171 Å². The first kappa shape index (κ1) is 21.3. The molecule has 0 saturated carbocycles. The van der Waals surface area contributed by atoms with Crippen molar-refractivity contribution in [3.05, 3.63) is 30.3 Å². The van der Waals surface area contributed by atoms with Crippen molar-refractivity contribution in [2.75, 3.05) is 7.05 Å². The molecule has 4 unspecified atom stereocenters. The molecule has 7 nitrogen and oxygen atoms in total. The van der Waals surface area contributed by atoms with Gasteiger partial charge in [0.15, 0.2) is 0 Å². The molecule has 3 rings (SSSR count). The van der Waals surface area contributed by atoms with Crippen LogP contribution >= 0.6 is 0 Å². The zero-order valence-electron chi connectivity index (χ0n) is 16.9. The zero-order chi connectivity index (χ0) is 20.6. The Kier molecular flexibility index (Phi) is 7.63. The van der Waals surface area contributed by atoms with Crippen molar-refractivity contribution < 1.29 is 24.2 Å². The third-order valence-electron chi connectivity index (χ3n) is 5.79. The number of fused-ring (bicyclic) bond motifs is 2. The average Bonchev–Trinajstić information content (AvgIpc) is 3.31. The molecule has 7 heteroatoms. The molecule has 158 valence electrons. The predicted octanol–water partition coefficient (Wildman–Crippen LogP) is 4.32. The van der Waals surface area contributed by atoms with E-state index in [2.05, 4.69) is 5.10 Å². The maximum atomic E-state index is 12.2. The predicted molar refractivity (Wildman–Crippen MR) is 109 cm³/mol. The lowest BCUT2D eigenvalue weighted by Crippen LogP contribution is -2.30. The van der Waals surface area contributed by atoms with Gasteiger partial charge in [-0.2, -0.15) is 5.10 Å². The second-order valence-electron chi connectivity index (χ2n) is 7.85. The lowest BCUT2D eigenvalue weighted by atomic mass is 9.77. The molecular formula is C22H30N2O5. The van der Waals surface area contributed by atoms with Crippen LogP contribution in [0.25, 0.3) is 0 Å². The molecule has 4 atom stereocenters. The number of hydrazone groups is 1. The molecule has 0 radical (unpaired) electrons. The van der Waals surface area contributed by atoms with Crippen LogP contribution < -0.4 is 4.74 Å². The van der Waals surface area contributed by atoms with E-state index >= 15 is 0 Å². The number of benzene rings is 1. The first-order valence-electron chi connectivity index (χ1n) is 10.5. The smallest absolute Gasteiger partial charge is 0.435 e. The van der Waals surface area contributed by atoms with Gasteiger partial charge in [-0.3, -0.25) is 4.79 Å². The van der Waals surface area contributed by atoms with Gasteiger partial charge in [-0.1, -0.05) is 37.5 Å². The van der Waals surface area contributed by atoms with E-state index in [9.17, 15) is 9.59 Å². The molecule has 0 aliphatic carbocycles. The van der Waals surface area contributed by atoms with Crippen LogP contribution in [0.2, 0.25) is 0 Å². The Balaban J connectivity index is 1.47. The molecule has 2 bridgehead atoms. The zero-order valence-corrected chi connectivity index (χ0v) is 16.9. The maximum absolute atomic E-state index is 12.2. The number of carbonyl (C=O) groups is 2. The Morgan fingerprint density at radius 1 is 1.17 bits per heavy atom. The monoisotopic (exact) mass is 402 g/mol. The van der Waals surface area contributed by atoms with E-state index < -0.39 is 12.1 Å². The van der Waals surface area contributed by atoms with E-state index in [1.165, 1.54) is 5.01 Å². The Hall–Kier alpha value is -2.41. The molecule has 2 aliphatic heterocycles. The van der Waals surface area contributed by atoms with Crippen LogP contribution in [0.15, 0.2) is 35.4 Å². The molecule has 0 aromatic heterocycles. The molecule has 2 aliphatic rings. The fourth-order valence-electron chi connectivity index (χ4n) is 4.29. The first-order chi connectivity index (χ1) is 14.0. The van der Waals surface area contributed by atoms with Gasteiger partial charge >= 0.3 is 12.1 Å². The molecule has 0 spiro atoms. The standard InChI is InChI=1S/C22H30N2O5/c1-24(22(27)28-16-9-5-4-6-10-16)23-15-18-17(19-13-14-20(18)29-19)11-7-2-3-8-12-21(25)26/h4-6,9-10,15,17-20H,2-3,7-8,11-14H2,1H3,(H,25,26)/b23-15+. The maximum Gasteiger partial charge on any atom is 0.435 e. The number of carboxylic acids is 1. The van der Waals surface area contributed by atoms with Gasteiger partial charge in [0.1, 0.15) is 5.75 Å². The molecule has 1 amide bonds. The van der Waals surface area contributed by atoms with Crippen molar-refractivity contribution in [2.24, 2.45) is 16.9 Å². The van der Waals surface area contributed by atoms with Crippen molar-refractivity contribution in [1.29, 1.82) is 0 Å². The molecular weight excluding hydrogens is 372 g/mol. The van der Waals surface area contributed by atoms with Gasteiger partial charge in [0.2, 0.25) is 0 Å². The number of hydrogen-bond donors (Lipinski definition) is 1. The summed E-state index contributed by atoms with van der Waals surface area (Å²) in [6, 6.07) is 8.94. The van der Waals surface area contributed by atoms with Crippen LogP contribution in [0.5, 0.6) is 5.75 Å². The fourth-order valence-corrected chi connectivity index (χ4v) is 4.29. The summed E-state index contributed by atoms with van der Waals surface area (Å²) in [7, 11) is 1.59. The van der Waals surface area contributed by atoms with Gasteiger partial charge in [-0.05, 0) is 43.7 Å². The summed E-state index contributed by atoms with van der Waals surface area (Å²) < 4.78 is 11.4. The summed E-state index contributed by atoms with van der Waals surface area (Å²) in [5.74, 6) is 0.386. The highest BCUT2D eigenvalue weighted by Gasteiger charge is 2.47. The first-order valence-corrected chi connectivity index (χ1v) is 10.5.